The second-order valence-corrected chi connectivity index (χ2v) is 15.8. The first kappa shape index (κ1) is 36.6. The fraction of sp³-hybridized carbons (Fsp3) is 0.667. The molecule has 0 spiro atoms. The van der Waals surface area contributed by atoms with E-state index in [1.165, 1.54) is 31.2 Å². The van der Waals surface area contributed by atoms with Crippen molar-refractivity contribution < 1.29 is 60.6 Å². The van der Waals surface area contributed by atoms with Crippen LogP contribution in [0.5, 0.6) is 11.5 Å². The summed E-state index contributed by atoms with van der Waals surface area (Å²) in [6.07, 6.45) is -9.22. The number of benzene rings is 1. The zero-order valence-corrected chi connectivity index (χ0v) is 38.1. The van der Waals surface area contributed by atoms with E-state index in [1.807, 2.05) is 0 Å². The Hall–Kier alpha value is 0.245. The fourth-order valence-corrected chi connectivity index (χ4v) is 6.67. The van der Waals surface area contributed by atoms with E-state index in [0.717, 1.165) is 36.1 Å². The number of carbonyl (C=O) groups excluding carboxylic acids is 2. The van der Waals surface area contributed by atoms with Gasteiger partial charge in [0.15, 0.2) is 43.0 Å². The minimum atomic E-state index is -1.47. The maximum atomic E-state index is 13.7. The molecule has 4 N–H and O–H groups in total. The van der Waals surface area contributed by atoms with Crippen LogP contribution in [-0.2, 0) is 36.3 Å². The van der Waals surface area contributed by atoms with Crippen molar-refractivity contribution in [1.29, 1.82) is 19.0 Å². The molecule has 3 aliphatic rings. The molecule has 3 fully saturated rings. The number of thiol groups is 3. The van der Waals surface area contributed by atoms with E-state index in [9.17, 15) is 9.59 Å². The normalized spacial score (nSPS) is 30.2. The number of hydrogen-bond acceptors (Lipinski definition) is 20. The van der Waals surface area contributed by atoms with Crippen molar-refractivity contribution in [2.24, 2.45) is 0 Å². The van der Waals surface area contributed by atoms with Crippen molar-refractivity contribution >= 4 is 154 Å². The highest BCUT2D eigenvalue weighted by Crippen LogP contribution is 2.37. The van der Waals surface area contributed by atoms with Gasteiger partial charge >= 0.3 is 0 Å². The lowest BCUT2D eigenvalue weighted by molar-refractivity contribution is -0.147. The van der Waals surface area contributed by atoms with Crippen molar-refractivity contribution in [1.82, 2.24) is 5.32 Å². The second kappa shape index (κ2) is 32.9. The summed E-state index contributed by atoms with van der Waals surface area (Å²) in [5, 5.41) is 17.5. The number of nitrogens with one attached hydrogen (secondary N) is 1. The number of aliphatic hydroxyl groups is 3. The lowest BCUT2D eigenvalue weighted by Crippen LogP contribution is -2.67. The van der Waals surface area contributed by atoms with E-state index < -0.39 is 111 Å². The van der Waals surface area contributed by atoms with E-state index in [2.05, 4.69) is 42.8 Å². The molecule has 1 amide bonds. The van der Waals surface area contributed by atoms with Crippen LogP contribution < -0.4 is 14.2 Å². The number of rotatable bonds is 26. The summed E-state index contributed by atoms with van der Waals surface area (Å²) >= 11 is 13.9. The van der Waals surface area contributed by atoms with Crippen molar-refractivity contribution in [3.63, 3.8) is 0 Å². The third-order valence-electron chi connectivity index (χ3n) is 7.33. The molecule has 28 heteroatoms. The highest BCUT2D eigenvalue weighted by molar-refractivity contribution is 8.07. The van der Waals surface area contributed by atoms with Crippen LogP contribution in [-0.4, -0.2) is 194 Å². The maximum absolute atomic E-state index is 13.7. The topological polar surface area (TPSA) is 181 Å². The van der Waals surface area contributed by atoms with Gasteiger partial charge in [0.25, 0.3) is 0 Å². The van der Waals surface area contributed by atoms with Gasteiger partial charge in [-0.05, 0) is 98.5 Å². The Bertz CT molecular complexity index is 1710. The minimum absolute atomic E-state index is 0.00607. The lowest BCUT2D eigenvalue weighted by atomic mass is 9.83. The monoisotopic (exact) mass is 960 g/mol. The van der Waals surface area contributed by atoms with Gasteiger partial charge in [-0.25, -0.2) is 37.4 Å². The summed E-state index contributed by atoms with van der Waals surface area (Å²) in [4.78, 5) is 26.9. The molecule has 10 atom stereocenters. The Morgan fingerprint density at radius 1 is 0.948 bits per heavy atom. The van der Waals surface area contributed by atoms with Gasteiger partial charge in [-0.1, -0.05) is 26.5 Å². The van der Waals surface area contributed by atoms with Gasteiger partial charge in [0, 0.05) is 23.3 Å². The summed E-state index contributed by atoms with van der Waals surface area (Å²) in [6.45, 7) is 5.22. The van der Waals surface area contributed by atoms with Gasteiger partial charge in [-0.3, -0.25) is 9.59 Å². The Labute approximate surface area is 402 Å². The van der Waals surface area contributed by atoms with Gasteiger partial charge < -0.3 is 56.3 Å². The molecule has 0 aromatic heterocycles. The number of ketones is 1. The molecule has 1 aromatic rings. The Kier molecular flexibility index (Phi) is 20.7. The summed E-state index contributed by atoms with van der Waals surface area (Å²) in [6, 6.07) is 3.31. The Morgan fingerprint density at radius 2 is 1.55 bits per heavy atom. The average molecular weight is 960 g/mol. The van der Waals surface area contributed by atoms with Crippen molar-refractivity contribution in [2.75, 3.05) is 36.0 Å². The minimum Gasteiger partial charge on any atom is -0.458 e. The maximum Gasteiger partial charge on any atom is 0.247 e. The fourth-order valence-electron chi connectivity index (χ4n) is 5.14. The van der Waals surface area contributed by atoms with E-state index in [4.69, 9.17) is 70.0 Å². The summed E-state index contributed by atoms with van der Waals surface area (Å²) in [7, 11) is -4.93. The molecule has 1 aromatic carbocycles. The predicted octanol–water partition coefficient (Wildman–Crippen LogP) is -1.85. The Morgan fingerprint density at radius 3 is 2.19 bits per heavy atom. The summed E-state index contributed by atoms with van der Waals surface area (Å²) < 4.78 is 148. The smallest absolute Gasteiger partial charge is 0.247 e. The molecule has 0 radical (unpaired) electrons. The van der Waals surface area contributed by atoms with Crippen LogP contribution in [0.25, 0.3) is 6.08 Å². The molecule has 0 unspecified atom stereocenters. The van der Waals surface area contributed by atoms with Crippen molar-refractivity contribution in [3.8, 4) is 11.5 Å². The SMILES string of the molecule is [2H]B(C)S.[2H]B(C)S.[2H]B(C)S.[2H]B([3H])CSOCC(=O)[C@H]1O[C@@H](Oc2ccc(/C=C(\C)C(=O)N[C@H]3[C@@H](OSCB([2H])[3H])[C@@H]4OCO[C@@H]4[C@H](O[3H])[C@H]3O[3H])cc2OSCB([2H])[3H])[C@@H](O[3H])[C@@H]1OSCB([2H])[3H]. The van der Waals surface area contributed by atoms with E-state index in [1.54, 1.807) is 20.5 Å². The number of Topliss-reactive ketones (excluding diaryl/α,β-unsaturated/α-hetero) is 1. The van der Waals surface area contributed by atoms with Gasteiger partial charge in [-0.2, -0.15) is 0 Å². The largest absolute Gasteiger partial charge is 0.458 e. The predicted molar refractivity (Wildman–Crippen MR) is 265 cm³/mol. The standard InChI is InChI=1S/C27H41B4NO13S4.3CH5BS/c1-12(26(37)32-17-18(34)19(35)23-25(39-11-38-23)22(17)44-48-9-30)4-13-2-3-15(16(5-13)43-47-8-29)41-27-20(36)24(45-49-10-31)21(42-27)14(33)6-40-46-7-28;3*1-2-3/h2-5,17-25,27,34-36H,6-11,28-31H2,1H3,(H,32,37);3*2-3H,1H3/b12-4+;;;/t17-,18+,19-,20+,21-,22-,23-,24+,25+,27-;;;/m1.../s1/i28TD,29TD,30TD,31TD,34T,35T,36T;3*2D. The van der Waals surface area contributed by atoms with E-state index in [0.29, 0.717) is 17.6 Å². The molecule has 1 saturated carbocycles. The van der Waals surface area contributed by atoms with Crippen LogP contribution in [0.4, 0.5) is 0 Å². The van der Waals surface area contributed by atoms with Gasteiger partial charge in [0.2, 0.25) is 16.5 Å². The molecular weight excluding hydrogens is 882 g/mol. The van der Waals surface area contributed by atoms with E-state index in [-0.39, 0.29) is 66.0 Å². The lowest BCUT2D eigenvalue weighted by Gasteiger charge is -2.43. The van der Waals surface area contributed by atoms with Crippen molar-refractivity contribution in [3.05, 3.63) is 29.3 Å². The highest BCUT2D eigenvalue weighted by Gasteiger charge is 2.55. The number of fused-ring (bicyclic) bond motifs is 1. The molecule has 58 heavy (non-hydrogen) atoms. The molecule has 1 aliphatic carbocycles. The van der Waals surface area contributed by atoms with Gasteiger partial charge in [-0.15, -0.1) is 0 Å². The van der Waals surface area contributed by atoms with Gasteiger partial charge in [0.05, 0.1) is 6.04 Å². The molecule has 14 nitrogen and oxygen atoms in total. The Balaban J connectivity index is 0.00000194. The zero-order valence-electron chi connectivity index (χ0n) is 46.1. The number of amides is 1. The average Bonchev–Trinajstić information content (AvgIpc) is 3.90. The summed E-state index contributed by atoms with van der Waals surface area (Å²) in [5.41, 5.74) is 0.252. The molecular formula is C30H56B7NO13S7. The van der Waals surface area contributed by atoms with Crippen LogP contribution in [0.2, 0.25) is 20.5 Å². The van der Waals surface area contributed by atoms with Crippen molar-refractivity contribution in [2.45, 2.75) is 88.6 Å². The highest BCUT2D eigenvalue weighted by atomic mass is 32.2. The first-order valence-corrected chi connectivity index (χ1v) is 22.4. The third kappa shape index (κ3) is 18.5. The number of ether oxygens (including phenoxy) is 4. The molecule has 2 saturated heterocycles. The number of aliphatic hydroxyl groups excluding tert-OH is 3. The van der Waals surface area contributed by atoms with Crippen LogP contribution in [0, 0.1) is 0 Å². The quantitative estimate of drug-likeness (QED) is 0.0181. The third-order valence-corrected chi connectivity index (χ3v) is 9.17. The zero-order chi connectivity index (χ0) is 54.7. The van der Waals surface area contributed by atoms with Gasteiger partial charge in [0.1, 0.15) is 87.2 Å². The number of hydrogen-bond donors (Lipinski definition) is 7. The van der Waals surface area contributed by atoms with Crippen LogP contribution in [0.15, 0.2) is 23.8 Å². The number of carbonyl (C=O) groups is 2. The molecule has 0 bridgehead atoms. The van der Waals surface area contributed by atoms with Crippen LogP contribution in [0.1, 0.15) is 12.5 Å². The molecule has 322 valence electrons. The van der Waals surface area contributed by atoms with Crippen LogP contribution >= 0.6 is 85.6 Å². The summed E-state index contributed by atoms with van der Waals surface area (Å²) in [5.74, 6) is -1.29. The first-order valence-electron chi connectivity index (χ1n) is 24.8. The molecule has 2 aliphatic heterocycles. The van der Waals surface area contributed by atoms with Crippen LogP contribution in [0.3, 0.4) is 0 Å². The second-order valence-electron chi connectivity index (χ2n) is 11.2. The van der Waals surface area contributed by atoms with E-state index >= 15 is 0 Å². The molecule has 4 rings (SSSR count). The molecule has 2 heterocycles. The first-order chi connectivity index (χ1) is 33.9.